The molecular weight excluding hydrogens is 192 g/mol. The Labute approximate surface area is 89.5 Å². The second kappa shape index (κ2) is 5.37. The summed E-state index contributed by atoms with van der Waals surface area (Å²) in [6.45, 7) is 1.20. The molecule has 0 saturated carbocycles. The number of thioether (sulfide) groups is 1. The van der Waals surface area contributed by atoms with Crippen LogP contribution in [0, 0.1) is 0 Å². The van der Waals surface area contributed by atoms with E-state index in [2.05, 4.69) is 22.4 Å². The number of nitrogens with zero attached hydrogens (tertiary/aromatic N) is 1. The number of pyridine rings is 1. The van der Waals surface area contributed by atoms with Crippen LogP contribution in [0.25, 0.3) is 0 Å². The fourth-order valence-electron chi connectivity index (χ4n) is 1.69. The Morgan fingerprint density at radius 1 is 1.50 bits per heavy atom. The summed E-state index contributed by atoms with van der Waals surface area (Å²) in [4.78, 5) is 4.30. The summed E-state index contributed by atoms with van der Waals surface area (Å²) in [5, 5.41) is 3.50. The largest absolute Gasteiger partial charge is 0.313 e. The van der Waals surface area contributed by atoms with Gasteiger partial charge in [-0.3, -0.25) is 4.98 Å². The zero-order valence-electron chi connectivity index (χ0n) is 8.28. The normalized spacial score (nSPS) is 21.3. The minimum absolute atomic E-state index is 0.740. The molecule has 14 heavy (non-hydrogen) atoms. The molecule has 1 aliphatic heterocycles. The Kier molecular flexibility index (Phi) is 3.83. The Bertz CT molecular complexity index is 257. The molecule has 0 bridgehead atoms. The van der Waals surface area contributed by atoms with E-state index < -0.39 is 0 Å². The topological polar surface area (TPSA) is 24.9 Å². The molecule has 1 unspecified atom stereocenters. The standard InChI is InChI=1S/C11H16N2S/c1-2-6-12-10(4-1)8-14-9-11-5-3-7-13-11/h1-2,4,6,11,13H,3,5,7-9H2. The van der Waals surface area contributed by atoms with Crippen LogP contribution in [0.1, 0.15) is 18.5 Å². The molecule has 2 nitrogen and oxygen atoms in total. The Hall–Kier alpha value is -0.540. The SMILES string of the molecule is c1ccc(CSCC2CCCN2)nc1. The van der Waals surface area contributed by atoms with Crippen molar-refractivity contribution in [3.05, 3.63) is 30.1 Å². The van der Waals surface area contributed by atoms with Gasteiger partial charge in [-0.25, -0.2) is 0 Å². The van der Waals surface area contributed by atoms with Gasteiger partial charge in [-0.2, -0.15) is 11.8 Å². The van der Waals surface area contributed by atoms with E-state index >= 15 is 0 Å². The molecule has 76 valence electrons. The lowest BCUT2D eigenvalue weighted by Gasteiger charge is -2.08. The van der Waals surface area contributed by atoms with Gasteiger partial charge in [0.1, 0.15) is 0 Å². The first-order chi connectivity index (χ1) is 6.95. The van der Waals surface area contributed by atoms with E-state index in [1.165, 1.54) is 30.8 Å². The Balaban J connectivity index is 1.67. The van der Waals surface area contributed by atoms with E-state index in [9.17, 15) is 0 Å². The van der Waals surface area contributed by atoms with Crippen molar-refractivity contribution in [1.29, 1.82) is 0 Å². The molecule has 0 spiro atoms. The molecule has 2 heterocycles. The summed E-state index contributed by atoms with van der Waals surface area (Å²) in [5.74, 6) is 2.26. The van der Waals surface area contributed by atoms with E-state index in [1.54, 1.807) is 0 Å². The van der Waals surface area contributed by atoms with Crippen LogP contribution >= 0.6 is 11.8 Å². The highest BCUT2D eigenvalue weighted by molar-refractivity contribution is 7.98. The molecule has 1 aromatic heterocycles. The zero-order valence-corrected chi connectivity index (χ0v) is 9.09. The fraction of sp³-hybridized carbons (Fsp3) is 0.545. The molecule has 0 radical (unpaired) electrons. The molecule has 1 aromatic rings. The van der Waals surface area contributed by atoms with Crippen LogP contribution in [-0.4, -0.2) is 23.3 Å². The first-order valence-electron chi connectivity index (χ1n) is 5.16. The molecular formula is C11H16N2S. The first-order valence-corrected chi connectivity index (χ1v) is 6.31. The molecule has 1 atom stereocenters. The second-order valence-corrected chi connectivity index (χ2v) is 4.66. The lowest BCUT2D eigenvalue weighted by molar-refractivity contribution is 0.674. The van der Waals surface area contributed by atoms with Crippen molar-refractivity contribution in [1.82, 2.24) is 10.3 Å². The van der Waals surface area contributed by atoms with Gasteiger partial charge in [-0.1, -0.05) is 6.07 Å². The van der Waals surface area contributed by atoms with E-state index in [0.29, 0.717) is 0 Å². The number of nitrogens with one attached hydrogen (secondary N) is 1. The number of aromatic nitrogens is 1. The number of rotatable bonds is 4. The molecule has 1 aliphatic rings. The van der Waals surface area contributed by atoms with Crippen LogP contribution in [-0.2, 0) is 5.75 Å². The molecule has 0 amide bonds. The monoisotopic (exact) mass is 208 g/mol. The van der Waals surface area contributed by atoms with Gasteiger partial charge in [0.15, 0.2) is 0 Å². The van der Waals surface area contributed by atoms with Crippen LogP contribution in [0.3, 0.4) is 0 Å². The summed E-state index contributed by atoms with van der Waals surface area (Å²) in [7, 11) is 0. The Morgan fingerprint density at radius 2 is 2.50 bits per heavy atom. The summed E-state index contributed by atoms with van der Waals surface area (Å²) in [5.41, 5.74) is 1.19. The molecule has 1 N–H and O–H groups in total. The van der Waals surface area contributed by atoms with E-state index in [1.807, 2.05) is 24.0 Å². The van der Waals surface area contributed by atoms with Gasteiger partial charge in [0, 0.05) is 23.7 Å². The van der Waals surface area contributed by atoms with E-state index in [0.717, 1.165) is 11.8 Å². The molecule has 1 fully saturated rings. The van der Waals surface area contributed by atoms with Crippen LogP contribution in [0.4, 0.5) is 0 Å². The molecule has 3 heteroatoms. The van der Waals surface area contributed by atoms with Gasteiger partial charge < -0.3 is 5.32 Å². The predicted molar refractivity (Wildman–Crippen MR) is 61.4 cm³/mol. The maximum absolute atomic E-state index is 4.30. The summed E-state index contributed by atoms with van der Waals surface area (Å²) >= 11 is 1.98. The Morgan fingerprint density at radius 3 is 3.21 bits per heavy atom. The van der Waals surface area contributed by atoms with Crippen molar-refractivity contribution < 1.29 is 0 Å². The van der Waals surface area contributed by atoms with Crippen LogP contribution in [0.5, 0.6) is 0 Å². The van der Waals surface area contributed by atoms with Crippen LogP contribution < -0.4 is 5.32 Å². The summed E-state index contributed by atoms with van der Waals surface area (Å²) < 4.78 is 0. The van der Waals surface area contributed by atoms with Crippen molar-refractivity contribution >= 4 is 11.8 Å². The minimum atomic E-state index is 0.740. The van der Waals surface area contributed by atoms with Crippen molar-refractivity contribution in [2.45, 2.75) is 24.6 Å². The number of hydrogen-bond acceptors (Lipinski definition) is 3. The third-order valence-electron chi connectivity index (χ3n) is 2.46. The highest BCUT2D eigenvalue weighted by Crippen LogP contribution is 2.15. The van der Waals surface area contributed by atoms with Gasteiger partial charge in [0.05, 0.1) is 5.69 Å². The van der Waals surface area contributed by atoms with Gasteiger partial charge in [0.25, 0.3) is 0 Å². The third kappa shape index (κ3) is 3.00. The van der Waals surface area contributed by atoms with Gasteiger partial charge in [0.2, 0.25) is 0 Å². The minimum Gasteiger partial charge on any atom is -0.313 e. The quantitative estimate of drug-likeness (QED) is 0.820. The molecule has 0 aliphatic carbocycles. The average molecular weight is 208 g/mol. The van der Waals surface area contributed by atoms with Crippen molar-refractivity contribution in [3.8, 4) is 0 Å². The maximum Gasteiger partial charge on any atom is 0.0502 e. The van der Waals surface area contributed by atoms with Crippen molar-refractivity contribution in [2.75, 3.05) is 12.3 Å². The first kappa shape index (κ1) is 9.99. The van der Waals surface area contributed by atoms with Crippen molar-refractivity contribution in [3.63, 3.8) is 0 Å². The number of hydrogen-bond donors (Lipinski definition) is 1. The second-order valence-electron chi connectivity index (χ2n) is 3.63. The van der Waals surface area contributed by atoms with Gasteiger partial charge in [-0.05, 0) is 31.5 Å². The summed E-state index contributed by atoms with van der Waals surface area (Å²) in [6.07, 6.45) is 4.55. The third-order valence-corrected chi connectivity index (χ3v) is 3.60. The van der Waals surface area contributed by atoms with Crippen LogP contribution in [0.15, 0.2) is 24.4 Å². The van der Waals surface area contributed by atoms with E-state index in [4.69, 9.17) is 0 Å². The summed E-state index contributed by atoms with van der Waals surface area (Å²) in [6, 6.07) is 6.85. The molecule has 1 saturated heterocycles. The lowest BCUT2D eigenvalue weighted by atomic mass is 10.3. The van der Waals surface area contributed by atoms with Crippen molar-refractivity contribution in [2.24, 2.45) is 0 Å². The smallest absolute Gasteiger partial charge is 0.0502 e. The molecule has 2 rings (SSSR count). The van der Waals surface area contributed by atoms with E-state index in [-0.39, 0.29) is 0 Å². The maximum atomic E-state index is 4.30. The van der Waals surface area contributed by atoms with Crippen LogP contribution in [0.2, 0.25) is 0 Å². The zero-order chi connectivity index (χ0) is 9.64. The molecule has 0 aromatic carbocycles. The highest BCUT2D eigenvalue weighted by Gasteiger charge is 2.13. The highest BCUT2D eigenvalue weighted by atomic mass is 32.2. The average Bonchev–Trinajstić information content (AvgIpc) is 2.72. The predicted octanol–water partition coefficient (Wildman–Crippen LogP) is 2.07. The fourth-order valence-corrected chi connectivity index (χ4v) is 2.76. The van der Waals surface area contributed by atoms with Gasteiger partial charge in [-0.15, -0.1) is 0 Å². The van der Waals surface area contributed by atoms with Gasteiger partial charge >= 0.3 is 0 Å². The lowest BCUT2D eigenvalue weighted by Crippen LogP contribution is -2.23.